The number of aryl methyl sites for hydroxylation is 1. The highest BCUT2D eigenvalue weighted by Gasteiger charge is 2.24. The van der Waals surface area contributed by atoms with Gasteiger partial charge in [0.25, 0.3) is 0 Å². The topological polar surface area (TPSA) is 79.3 Å². The first-order chi connectivity index (χ1) is 17.7. The van der Waals surface area contributed by atoms with Crippen LogP contribution in [0.15, 0.2) is 70.5 Å². The molecule has 3 aromatic rings. The lowest BCUT2D eigenvalue weighted by molar-refractivity contribution is 0.0663. The molecule has 7 nitrogen and oxygen atoms in total. The van der Waals surface area contributed by atoms with Crippen molar-refractivity contribution in [3.05, 3.63) is 76.3 Å². The highest BCUT2D eigenvalue weighted by atomic mass is 35.5. The maximum absolute atomic E-state index is 13.0. The molecule has 1 aliphatic heterocycles. The molecule has 1 heterocycles. The molecule has 4 rings (SSSR count). The summed E-state index contributed by atoms with van der Waals surface area (Å²) in [5.41, 5.74) is 2.02. The Labute approximate surface area is 228 Å². The summed E-state index contributed by atoms with van der Waals surface area (Å²) in [6.07, 6.45) is -0.777. The molecule has 37 heavy (non-hydrogen) atoms. The molecule has 3 aromatic carbocycles. The SMILES string of the molecule is COc1ccccc1N1CCN(CC(O)COc2c(Cl)cc(S(=O)(=O)c3ccc(C)cc3)cc2Cl)CC1. The zero-order valence-electron chi connectivity index (χ0n) is 20.7. The number of halogens is 2. The Bertz CT molecular complexity index is 1300. The summed E-state index contributed by atoms with van der Waals surface area (Å²) in [6, 6.07) is 17.1. The van der Waals surface area contributed by atoms with Gasteiger partial charge < -0.3 is 19.5 Å². The van der Waals surface area contributed by atoms with Gasteiger partial charge in [-0.25, -0.2) is 8.42 Å². The lowest BCUT2D eigenvalue weighted by Gasteiger charge is -2.37. The Morgan fingerprint density at radius 3 is 2.19 bits per heavy atom. The number of para-hydroxylation sites is 2. The second-order valence-electron chi connectivity index (χ2n) is 8.96. The van der Waals surface area contributed by atoms with Crippen LogP contribution in [0, 0.1) is 6.92 Å². The van der Waals surface area contributed by atoms with Crippen LogP contribution in [0.25, 0.3) is 0 Å². The van der Waals surface area contributed by atoms with Gasteiger partial charge in [-0.1, -0.05) is 53.0 Å². The fourth-order valence-corrected chi connectivity index (χ4v) is 6.31. The zero-order valence-corrected chi connectivity index (χ0v) is 23.1. The largest absolute Gasteiger partial charge is 0.495 e. The van der Waals surface area contributed by atoms with Crippen LogP contribution in [0.4, 0.5) is 5.69 Å². The lowest BCUT2D eigenvalue weighted by Crippen LogP contribution is -2.49. The summed E-state index contributed by atoms with van der Waals surface area (Å²) in [4.78, 5) is 4.57. The Hall–Kier alpha value is -2.49. The van der Waals surface area contributed by atoms with Crippen molar-refractivity contribution in [1.82, 2.24) is 4.90 Å². The van der Waals surface area contributed by atoms with Gasteiger partial charge in [0.2, 0.25) is 9.84 Å². The number of β-amino-alcohol motifs (C(OH)–C–C–N with tert-alkyl or cyclic N) is 1. The van der Waals surface area contributed by atoms with E-state index in [-0.39, 0.29) is 32.2 Å². The van der Waals surface area contributed by atoms with Gasteiger partial charge in [-0.05, 0) is 43.3 Å². The number of nitrogens with zero attached hydrogens (tertiary/aromatic N) is 2. The first kappa shape index (κ1) is 27.5. The second-order valence-corrected chi connectivity index (χ2v) is 11.7. The quantitative estimate of drug-likeness (QED) is 0.403. The zero-order chi connectivity index (χ0) is 26.6. The van der Waals surface area contributed by atoms with Crippen LogP contribution in [0.5, 0.6) is 11.5 Å². The molecule has 0 aliphatic carbocycles. The van der Waals surface area contributed by atoms with Crippen LogP contribution < -0.4 is 14.4 Å². The number of aliphatic hydroxyl groups is 1. The molecule has 1 unspecified atom stereocenters. The summed E-state index contributed by atoms with van der Waals surface area (Å²) in [5.74, 6) is 0.988. The number of anilines is 1. The number of hydrogen-bond donors (Lipinski definition) is 1. The molecule has 1 atom stereocenters. The van der Waals surface area contributed by atoms with Gasteiger partial charge in [0, 0.05) is 32.7 Å². The number of ether oxygens (including phenoxy) is 2. The van der Waals surface area contributed by atoms with E-state index in [0.717, 1.165) is 43.2 Å². The number of piperazine rings is 1. The maximum atomic E-state index is 13.0. The van der Waals surface area contributed by atoms with Crippen molar-refractivity contribution in [2.75, 3.05) is 51.3 Å². The molecule has 1 saturated heterocycles. The molecule has 0 aromatic heterocycles. The minimum atomic E-state index is -3.79. The van der Waals surface area contributed by atoms with Crippen LogP contribution in [-0.4, -0.2) is 71.0 Å². The average Bonchev–Trinajstić information content (AvgIpc) is 2.88. The Kier molecular flexibility index (Phi) is 8.87. The molecule has 198 valence electrons. The summed E-state index contributed by atoms with van der Waals surface area (Å²) in [5, 5.41) is 10.7. The molecule has 0 saturated carbocycles. The highest BCUT2D eigenvalue weighted by molar-refractivity contribution is 7.91. The predicted octanol–water partition coefficient (Wildman–Crippen LogP) is 4.71. The van der Waals surface area contributed by atoms with Crippen molar-refractivity contribution in [1.29, 1.82) is 0 Å². The standard InChI is InChI=1S/C27H30Cl2N2O5S/c1-19-7-9-21(10-8-19)37(33,34)22-15-23(28)27(24(29)16-22)36-18-20(32)17-30-11-13-31(14-12-30)25-5-3-4-6-26(25)35-2/h3-10,15-16,20,32H,11-14,17-18H2,1-2H3. The number of rotatable bonds is 9. The number of sulfone groups is 1. The molecule has 10 heteroatoms. The summed E-state index contributed by atoms with van der Waals surface area (Å²) < 4.78 is 37.2. The van der Waals surface area contributed by atoms with Crippen molar-refractivity contribution < 1.29 is 23.0 Å². The summed E-state index contributed by atoms with van der Waals surface area (Å²) in [6.45, 7) is 5.45. The number of methoxy groups -OCH3 is 1. The third-order valence-corrected chi connectivity index (χ3v) is 8.61. The fourth-order valence-electron chi connectivity index (χ4n) is 4.28. The first-order valence-electron chi connectivity index (χ1n) is 11.9. The predicted molar refractivity (Wildman–Crippen MR) is 146 cm³/mol. The normalized spacial score (nSPS) is 15.4. The average molecular weight is 566 g/mol. The minimum Gasteiger partial charge on any atom is -0.495 e. The molecule has 1 N–H and O–H groups in total. The van der Waals surface area contributed by atoms with Crippen molar-refractivity contribution >= 4 is 38.7 Å². The van der Waals surface area contributed by atoms with E-state index in [1.165, 1.54) is 12.1 Å². The van der Waals surface area contributed by atoms with E-state index in [2.05, 4.69) is 9.80 Å². The van der Waals surface area contributed by atoms with E-state index in [4.69, 9.17) is 32.7 Å². The minimum absolute atomic E-state index is 0.0211. The fraction of sp³-hybridized carbons (Fsp3) is 0.333. The molecule has 1 aliphatic rings. The highest BCUT2D eigenvalue weighted by Crippen LogP contribution is 2.37. The molecule has 0 radical (unpaired) electrons. The molecular weight excluding hydrogens is 535 g/mol. The van der Waals surface area contributed by atoms with E-state index < -0.39 is 15.9 Å². The third-order valence-electron chi connectivity index (χ3n) is 6.30. The lowest BCUT2D eigenvalue weighted by atomic mass is 10.2. The van der Waals surface area contributed by atoms with Gasteiger partial charge in [0.05, 0.1) is 32.6 Å². The van der Waals surface area contributed by atoms with Gasteiger partial charge in [0.1, 0.15) is 18.5 Å². The van der Waals surface area contributed by atoms with Crippen molar-refractivity contribution in [3.63, 3.8) is 0 Å². The van der Waals surface area contributed by atoms with Crippen LogP contribution >= 0.6 is 23.2 Å². The van der Waals surface area contributed by atoms with Gasteiger partial charge in [-0.2, -0.15) is 0 Å². The Balaban J connectivity index is 1.33. The summed E-state index contributed by atoms with van der Waals surface area (Å²) >= 11 is 12.7. The van der Waals surface area contributed by atoms with Gasteiger partial charge in [-0.3, -0.25) is 4.90 Å². The maximum Gasteiger partial charge on any atom is 0.206 e. The molecular formula is C27H30Cl2N2O5S. The molecule has 1 fully saturated rings. The molecule has 0 amide bonds. The van der Waals surface area contributed by atoms with Crippen molar-refractivity contribution in [2.24, 2.45) is 0 Å². The van der Waals surface area contributed by atoms with Crippen molar-refractivity contribution in [3.8, 4) is 11.5 Å². The molecule has 0 spiro atoms. The molecule has 0 bridgehead atoms. The van der Waals surface area contributed by atoms with E-state index >= 15 is 0 Å². The van der Waals surface area contributed by atoms with Crippen molar-refractivity contribution in [2.45, 2.75) is 22.8 Å². The van der Waals surface area contributed by atoms with Gasteiger partial charge in [0.15, 0.2) is 5.75 Å². The first-order valence-corrected chi connectivity index (χ1v) is 14.1. The van der Waals surface area contributed by atoms with Crippen LogP contribution in [0.3, 0.4) is 0 Å². The van der Waals surface area contributed by atoms with Gasteiger partial charge in [-0.15, -0.1) is 0 Å². The third kappa shape index (κ3) is 6.51. The van der Waals surface area contributed by atoms with E-state index in [9.17, 15) is 13.5 Å². The Morgan fingerprint density at radius 2 is 1.57 bits per heavy atom. The monoisotopic (exact) mass is 564 g/mol. The van der Waals surface area contributed by atoms with E-state index in [0.29, 0.717) is 6.54 Å². The van der Waals surface area contributed by atoms with Crippen LogP contribution in [-0.2, 0) is 9.84 Å². The number of aliphatic hydroxyl groups excluding tert-OH is 1. The van der Waals surface area contributed by atoms with Crippen LogP contribution in [0.1, 0.15) is 5.56 Å². The Morgan fingerprint density at radius 1 is 0.946 bits per heavy atom. The number of hydrogen-bond acceptors (Lipinski definition) is 7. The van der Waals surface area contributed by atoms with E-state index in [1.807, 2.05) is 31.2 Å². The smallest absolute Gasteiger partial charge is 0.206 e. The van der Waals surface area contributed by atoms with E-state index in [1.54, 1.807) is 31.4 Å². The van der Waals surface area contributed by atoms with Gasteiger partial charge >= 0.3 is 0 Å². The second kappa shape index (κ2) is 11.9. The van der Waals surface area contributed by atoms with Crippen LogP contribution in [0.2, 0.25) is 10.0 Å². The number of benzene rings is 3. The summed E-state index contributed by atoms with van der Waals surface area (Å²) in [7, 11) is -2.12.